The van der Waals surface area contributed by atoms with E-state index in [0.29, 0.717) is 19.1 Å². The molecule has 0 aliphatic carbocycles. The standard InChI is InChI=1S/C19H23NO2/c1-3-7-16(8-4-1)13-21-15-18-11-20-12-19(18)22-14-17-9-5-2-6-10-17/h1-10,18-20H,11-15H2/t18-,19+/m1/s1. The maximum absolute atomic E-state index is 6.06. The Labute approximate surface area is 132 Å². The van der Waals surface area contributed by atoms with Crippen molar-refractivity contribution in [1.82, 2.24) is 5.32 Å². The van der Waals surface area contributed by atoms with Gasteiger partial charge in [-0.05, 0) is 11.1 Å². The molecule has 3 nitrogen and oxygen atoms in total. The summed E-state index contributed by atoms with van der Waals surface area (Å²) >= 11 is 0. The molecule has 2 atom stereocenters. The van der Waals surface area contributed by atoms with E-state index in [1.165, 1.54) is 11.1 Å². The van der Waals surface area contributed by atoms with Crippen molar-refractivity contribution in [2.24, 2.45) is 5.92 Å². The predicted octanol–water partition coefficient (Wildman–Crippen LogP) is 3.01. The highest BCUT2D eigenvalue weighted by atomic mass is 16.5. The van der Waals surface area contributed by atoms with Crippen LogP contribution in [0.15, 0.2) is 60.7 Å². The molecule has 3 heteroatoms. The van der Waals surface area contributed by atoms with Gasteiger partial charge >= 0.3 is 0 Å². The molecule has 1 aliphatic rings. The Morgan fingerprint density at radius 3 is 2.14 bits per heavy atom. The van der Waals surface area contributed by atoms with Gasteiger partial charge in [0, 0.05) is 19.0 Å². The van der Waals surface area contributed by atoms with E-state index in [9.17, 15) is 0 Å². The Balaban J connectivity index is 1.42. The van der Waals surface area contributed by atoms with Crippen LogP contribution in [0.25, 0.3) is 0 Å². The summed E-state index contributed by atoms with van der Waals surface area (Å²) in [5, 5.41) is 3.40. The molecule has 22 heavy (non-hydrogen) atoms. The first-order valence-electron chi connectivity index (χ1n) is 7.90. The summed E-state index contributed by atoms with van der Waals surface area (Å²) in [6.45, 7) is 3.95. The second kappa shape index (κ2) is 8.08. The molecular weight excluding hydrogens is 274 g/mol. The molecule has 1 fully saturated rings. The normalized spacial score (nSPS) is 21.1. The molecule has 3 rings (SSSR count). The molecule has 0 amide bonds. The number of ether oxygens (including phenoxy) is 2. The zero-order chi connectivity index (χ0) is 15.0. The van der Waals surface area contributed by atoms with Gasteiger partial charge in [0.2, 0.25) is 0 Å². The largest absolute Gasteiger partial charge is 0.376 e. The van der Waals surface area contributed by atoms with Crippen molar-refractivity contribution in [3.8, 4) is 0 Å². The van der Waals surface area contributed by atoms with Gasteiger partial charge in [0.25, 0.3) is 0 Å². The molecule has 0 bridgehead atoms. The van der Waals surface area contributed by atoms with E-state index in [1.54, 1.807) is 0 Å². The molecule has 1 saturated heterocycles. The van der Waals surface area contributed by atoms with E-state index in [4.69, 9.17) is 9.47 Å². The van der Waals surface area contributed by atoms with Crippen LogP contribution in [-0.2, 0) is 22.7 Å². The van der Waals surface area contributed by atoms with Gasteiger partial charge in [-0.15, -0.1) is 0 Å². The molecular formula is C19H23NO2. The average Bonchev–Trinajstić information content (AvgIpc) is 3.02. The van der Waals surface area contributed by atoms with Crippen LogP contribution in [0.5, 0.6) is 0 Å². The maximum Gasteiger partial charge on any atom is 0.0766 e. The van der Waals surface area contributed by atoms with Gasteiger partial charge in [0.05, 0.1) is 25.9 Å². The lowest BCUT2D eigenvalue weighted by atomic mass is 10.1. The van der Waals surface area contributed by atoms with E-state index < -0.39 is 0 Å². The second-order valence-corrected chi connectivity index (χ2v) is 5.75. The van der Waals surface area contributed by atoms with Gasteiger partial charge in [0.1, 0.15) is 0 Å². The van der Waals surface area contributed by atoms with Gasteiger partial charge in [-0.3, -0.25) is 0 Å². The van der Waals surface area contributed by atoms with Crippen LogP contribution in [0.4, 0.5) is 0 Å². The molecule has 0 unspecified atom stereocenters. The molecule has 116 valence electrons. The lowest BCUT2D eigenvalue weighted by molar-refractivity contribution is -0.00989. The number of benzene rings is 2. The van der Waals surface area contributed by atoms with Crippen molar-refractivity contribution < 1.29 is 9.47 Å². The fourth-order valence-corrected chi connectivity index (χ4v) is 2.75. The third kappa shape index (κ3) is 4.41. The highest BCUT2D eigenvalue weighted by Crippen LogP contribution is 2.16. The summed E-state index contributed by atoms with van der Waals surface area (Å²) in [6.07, 6.45) is 0.232. The van der Waals surface area contributed by atoms with Crippen LogP contribution >= 0.6 is 0 Å². The Kier molecular flexibility index (Phi) is 5.59. The van der Waals surface area contributed by atoms with Crippen molar-refractivity contribution in [2.75, 3.05) is 19.7 Å². The third-order valence-electron chi connectivity index (χ3n) is 4.03. The predicted molar refractivity (Wildman–Crippen MR) is 87.5 cm³/mol. The Hall–Kier alpha value is -1.68. The molecule has 1 N–H and O–H groups in total. The number of rotatable bonds is 7. The fourth-order valence-electron chi connectivity index (χ4n) is 2.75. The average molecular weight is 297 g/mol. The Bertz CT molecular complexity index is 544. The first-order valence-corrected chi connectivity index (χ1v) is 7.90. The van der Waals surface area contributed by atoms with E-state index in [-0.39, 0.29) is 6.10 Å². The fraction of sp³-hybridized carbons (Fsp3) is 0.368. The topological polar surface area (TPSA) is 30.5 Å². The van der Waals surface area contributed by atoms with Crippen LogP contribution in [0, 0.1) is 5.92 Å². The van der Waals surface area contributed by atoms with Crippen LogP contribution in [0.2, 0.25) is 0 Å². The van der Waals surface area contributed by atoms with E-state index in [1.807, 2.05) is 36.4 Å². The lowest BCUT2D eigenvalue weighted by Gasteiger charge is -2.19. The van der Waals surface area contributed by atoms with E-state index in [2.05, 4.69) is 29.6 Å². The van der Waals surface area contributed by atoms with Crippen LogP contribution in [-0.4, -0.2) is 25.8 Å². The van der Waals surface area contributed by atoms with Crippen molar-refractivity contribution in [3.05, 3.63) is 71.8 Å². The maximum atomic E-state index is 6.06. The highest BCUT2D eigenvalue weighted by molar-refractivity contribution is 5.14. The molecule has 1 heterocycles. The van der Waals surface area contributed by atoms with Crippen LogP contribution < -0.4 is 5.32 Å². The third-order valence-corrected chi connectivity index (χ3v) is 4.03. The van der Waals surface area contributed by atoms with Crippen molar-refractivity contribution in [3.63, 3.8) is 0 Å². The molecule has 2 aromatic rings. The van der Waals surface area contributed by atoms with Gasteiger partial charge in [0.15, 0.2) is 0 Å². The van der Waals surface area contributed by atoms with Crippen LogP contribution in [0.1, 0.15) is 11.1 Å². The zero-order valence-corrected chi connectivity index (χ0v) is 12.8. The minimum Gasteiger partial charge on any atom is -0.376 e. The summed E-state index contributed by atoms with van der Waals surface area (Å²) in [5.41, 5.74) is 2.44. The molecule has 2 aromatic carbocycles. The number of hydrogen-bond acceptors (Lipinski definition) is 3. The summed E-state index contributed by atoms with van der Waals surface area (Å²) < 4.78 is 11.9. The molecule has 0 aromatic heterocycles. The monoisotopic (exact) mass is 297 g/mol. The first-order chi connectivity index (χ1) is 10.9. The second-order valence-electron chi connectivity index (χ2n) is 5.75. The van der Waals surface area contributed by atoms with Gasteiger partial charge in [-0.1, -0.05) is 60.7 Å². The summed E-state index contributed by atoms with van der Waals surface area (Å²) in [6, 6.07) is 20.6. The molecule has 1 aliphatic heterocycles. The first kappa shape index (κ1) is 15.2. The van der Waals surface area contributed by atoms with Gasteiger partial charge < -0.3 is 14.8 Å². The van der Waals surface area contributed by atoms with Crippen molar-refractivity contribution >= 4 is 0 Å². The van der Waals surface area contributed by atoms with Crippen molar-refractivity contribution in [1.29, 1.82) is 0 Å². The summed E-state index contributed by atoms with van der Waals surface area (Å²) in [4.78, 5) is 0. The summed E-state index contributed by atoms with van der Waals surface area (Å²) in [7, 11) is 0. The Morgan fingerprint density at radius 2 is 1.45 bits per heavy atom. The Morgan fingerprint density at radius 1 is 0.818 bits per heavy atom. The van der Waals surface area contributed by atoms with E-state index >= 15 is 0 Å². The SMILES string of the molecule is c1ccc(COC[C@H]2CNC[C@@H]2OCc2ccccc2)cc1. The zero-order valence-electron chi connectivity index (χ0n) is 12.8. The van der Waals surface area contributed by atoms with Crippen LogP contribution in [0.3, 0.4) is 0 Å². The van der Waals surface area contributed by atoms with Crippen molar-refractivity contribution in [2.45, 2.75) is 19.3 Å². The molecule has 0 radical (unpaired) electrons. The quantitative estimate of drug-likeness (QED) is 0.852. The molecule has 0 saturated carbocycles. The minimum atomic E-state index is 0.232. The smallest absolute Gasteiger partial charge is 0.0766 e. The van der Waals surface area contributed by atoms with Gasteiger partial charge in [-0.25, -0.2) is 0 Å². The summed E-state index contributed by atoms with van der Waals surface area (Å²) in [5.74, 6) is 0.424. The van der Waals surface area contributed by atoms with E-state index in [0.717, 1.165) is 19.7 Å². The molecule has 0 spiro atoms. The number of nitrogens with one attached hydrogen (secondary N) is 1. The van der Waals surface area contributed by atoms with Gasteiger partial charge in [-0.2, -0.15) is 0 Å². The number of hydrogen-bond donors (Lipinski definition) is 1. The lowest BCUT2D eigenvalue weighted by Crippen LogP contribution is -2.26. The minimum absolute atomic E-state index is 0.232. The highest BCUT2D eigenvalue weighted by Gasteiger charge is 2.27.